The first-order chi connectivity index (χ1) is 7.17. The Morgan fingerprint density at radius 1 is 1.33 bits per heavy atom. The van der Waals surface area contributed by atoms with Crippen LogP contribution in [0.5, 0.6) is 0 Å². The minimum atomic E-state index is -2.86. The molecule has 15 heavy (non-hydrogen) atoms. The lowest BCUT2D eigenvalue weighted by Gasteiger charge is -2.22. The molecule has 1 unspecified atom stereocenters. The number of sulfone groups is 1. The van der Waals surface area contributed by atoms with Crippen LogP contribution in [0.15, 0.2) is 0 Å². The zero-order valence-electron chi connectivity index (χ0n) is 9.37. The zero-order valence-corrected chi connectivity index (χ0v) is 11.0. The van der Waals surface area contributed by atoms with E-state index in [-0.39, 0.29) is 4.58 Å². The van der Waals surface area contributed by atoms with Gasteiger partial charge in [-0.05, 0) is 6.42 Å². The van der Waals surface area contributed by atoms with E-state index < -0.39 is 9.84 Å². The first-order valence-corrected chi connectivity index (χ1v) is 8.47. The van der Waals surface area contributed by atoms with Crippen molar-refractivity contribution >= 4 is 21.6 Å². The van der Waals surface area contributed by atoms with Gasteiger partial charge in [0, 0.05) is 18.8 Å². The van der Waals surface area contributed by atoms with Crippen LogP contribution in [-0.2, 0) is 9.84 Å². The summed E-state index contributed by atoms with van der Waals surface area (Å²) in [6.45, 7) is 3.70. The molecule has 1 heterocycles. The Morgan fingerprint density at radius 2 is 2.13 bits per heavy atom. The van der Waals surface area contributed by atoms with Crippen LogP contribution in [0.3, 0.4) is 0 Å². The van der Waals surface area contributed by atoms with Gasteiger partial charge in [-0.15, -0.1) is 11.8 Å². The number of rotatable bonds is 6. The minimum absolute atomic E-state index is 0.201. The van der Waals surface area contributed by atoms with Crippen LogP contribution in [0, 0.1) is 0 Å². The van der Waals surface area contributed by atoms with Gasteiger partial charge in [0.15, 0.2) is 9.84 Å². The number of unbranched alkanes of at least 4 members (excludes halogenated alkanes) is 3. The van der Waals surface area contributed by atoms with Crippen LogP contribution in [0.2, 0.25) is 0 Å². The van der Waals surface area contributed by atoms with Gasteiger partial charge >= 0.3 is 0 Å². The number of thioether (sulfide) groups is 1. The lowest BCUT2D eigenvalue weighted by molar-refractivity contribution is 0.579. The Kier molecular flexibility index (Phi) is 6.00. The topological polar surface area (TPSA) is 46.2 Å². The van der Waals surface area contributed by atoms with E-state index in [1.807, 2.05) is 0 Å². The minimum Gasteiger partial charge on any atom is -0.314 e. The molecule has 1 atom stereocenters. The average molecular weight is 251 g/mol. The van der Waals surface area contributed by atoms with Crippen LogP contribution >= 0.6 is 11.8 Å². The molecule has 0 saturated carbocycles. The highest BCUT2D eigenvalue weighted by Gasteiger charge is 2.26. The Bertz CT molecular complexity index is 259. The lowest BCUT2D eigenvalue weighted by atomic mass is 10.2. The summed E-state index contributed by atoms with van der Waals surface area (Å²) in [5, 5.41) is 3.14. The number of hydrogen-bond acceptors (Lipinski definition) is 4. The van der Waals surface area contributed by atoms with Crippen LogP contribution in [0.1, 0.15) is 32.6 Å². The highest BCUT2D eigenvalue weighted by Crippen LogP contribution is 2.21. The third-order valence-corrected chi connectivity index (χ3v) is 6.67. The molecule has 1 N–H and O–H groups in total. The van der Waals surface area contributed by atoms with E-state index in [1.165, 1.54) is 0 Å². The third-order valence-electron chi connectivity index (χ3n) is 2.58. The highest BCUT2D eigenvalue weighted by molar-refractivity contribution is 8.13. The van der Waals surface area contributed by atoms with Crippen LogP contribution in [0.4, 0.5) is 0 Å². The second-order valence-corrected chi connectivity index (χ2v) is 7.84. The summed E-state index contributed by atoms with van der Waals surface area (Å²) in [7, 11) is -2.86. The fraction of sp³-hybridized carbons (Fsp3) is 1.00. The van der Waals surface area contributed by atoms with Gasteiger partial charge < -0.3 is 5.32 Å². The summed E-state index contributed by atoms with van der Waals surface area (Å²) >= 11 is 1.58. The van der Waals surface area contributed by atoms with Gasteiger partial charge in [0.25, 0.3) is 0 Å². The van der Waals surface area contributed by atoms with E-state index in [4.69, 9.17) is 0 Å². The fourth-order valence-corrected chi connectivity index (χ4v) is 5.04. The van der Waals surface area contributed by atoms with Gasteiger partial charge in [-0.25, -0.2) is 8.42 Å². The normalized spacial score (nSPS) is 22.9. The Balaban J connectivity index is 2.30. The Hall–Kier alpha value is 0.260. The van der Waals surface area contributed by atoms with E-state index >= 15 is 0 Å². The molecule has 1 fully saturated rings. The molecule has 1 aliphatic heterocycles. The molecule has 5 heteroatoms. The highest BCUT2D eigenvalue weighted by atomic mass is 32.3. The van der Waals surface area contributed by atoms with Gasteiger partial charge in [-0.3, -0.25) is 0 Å². The molecule has 0 aromatic heterocycles. The van der Waals surface area contributed by atoms with Crippen LogP contribution in [-0.4, -0.2) is 37.6 Å². The van der Waals surface area contributed by atoms with Crippen molar-refractivity contribution < 1.29 is 8.42 Å². The van der Waals surface area contributed by atoms with Gasteiger partial charge in [-0.2, -0.15) is 0 Å². The first kappa shape index (κ1) is 13.3. The van der Waals surface area contributed by atoms with Crippen molar-refractivity contribution in [3.05, 3.63) is 0 Å². The molecule has 1 saturated heterocycles. The number of nitrogens with one attached hydrogen (secondary N) is 1. The largest absolute Gasteiger partial charge is 0.314 e. The summed E-state index contributed by atoms with van der Waals surface area (Å²) in [6.07, 6.45) is 4.17. The quantitative estimate of drug-likeness (QED) is 0.729. The van der Waals surface area contributed by atoms with E-state index in [0.29, 0.717) is 12.3 Å². The fourth-order valence-electron chi connectivity index (χ4n) is 1.63. The molecule has 0 radical (unpaired) electrons. The van der Waals surface area contributed by atoms with Crippen molar-refractivity contribution in [2.75, 3.05) is 24.6 Å². The van der Waals surface area contributed by atoms with Gasteiger partial charge in [0.05, 0.1) is 5.75 Å². The first-order valence-electron chi connectivity index (χ1n) is 5.70. The molecule has 0 bridgehead atoms. The molecule has 90 valence electrons. The monoisotopic (exact) mass is 251 g/mol. The van der Waals surface area contributed by atoms with Crippen molar-refractivity contribution in [2.24, 2.45) is 0 Å². The summed E-state index contributed by atoms with van der Waals surface area (Å²) < 4.78 is 23.6. The Labute approximate surface area is 97.3 Å². The van der Waals surface area contributed by atoms with Crippen molar-refractivity contribution in [3.63, 3.8) is 0 Å². The maximum Gasteiger partial charge on any atom is 0.163 e. The molecule has 1 rings (SSSR count). The van der Waals surface area contributed by atoms with Crippen molar-refractivity contribution in [1.29, 1.82) is 0 Å². The molecule has 0 aromatic carbocycles. The molecular formula is C10H21NO2S2. The van der Waals surface area contributed by atoms with Crippen LogP contribution < -0.4 is 5.32 Å². The third kappa shape index (κ3) is 4.74. The molecule has 0 aliphatic carbocycles. The maximum absolute atomic E-state index is 11.9. The molecule has 1 aliphatic rings. The average Bonchev–Trinajstić information content (AvgIpc) is 2.26. The van der Waals surface area contributed by atoms with Crippen molar-refractivity contribution in [3.8, 4) is 0 Å². The lowest BCUT2D eigenvalue weighted by Crippen LogP contribution is -2.38. The predicted molar refractivity (Wildman–Crippen MR) is 67.0 cm³/mol. The van der Waals surface area contributed by atoms with Gasteiger partial charge in [0.2, 0.25) is 0 Å². The van der Waals surface area contributed by atoms with Gasteiger partial charge in [0.1, 0.15) is 4.58 Å². The predicted octanol–water partition coefficient (Wildman–Crippen LogP) is 1.64. The summed E-state index contributed by atoms with van der Waals surface area (Å²) in [5.74, 6) is 1.28. The van der Waals surface area contributed by atoms with E-state index in [1.54, 1.807) is 11.8 Å². The summed E-state index contributed by atoms with van der Waals surface area (Å²) in [4.78, 5) is 0. The second-order valence-electron chi connectivity index (χ2n) is 3.93. The second kappa shape index (κ2) is 6.76. The SMILES string of the molecule is CCCCCCS(=O)(=O)C1CNCCS1. The molecular weight excluding hydrogens is 230 g/mol. The molecule has 0 aromatic rings. The molecule has 0 spiro atoms. The summed E-state index contributed by atoms with van der Waals surface area (Å²) in [6, 6.07) is 0. The zero-order chi connectivity index (χ0) is 11.1. The maximum atomic E-state index is 11.9. The van der Waals surface area contributed by atoms with Crippen molar-refractivity contribution in [2.45, 2.75) is 37.2 Å². The molecule has 0 amide bonds. The van der Waals surface area contributed by atoms with E-state index in [0.717, 1.165) is 38.0 Å². The Morgan fingerprint density at radius 3 is 2.73 bits per heavy atom. The van der Waals surface area contributed by atoms with E-state index in [9.17, 15) is 8.42 Å². The van der Waals surface area contributed by atoms with Crippen molar-refractivity contribution in [1.82, 2.24) is 5.32 Å². The molecule has 3 nitrogen and oxygen atoms in total. The smallest absolute Gasteiger partial charge is 0.163 e. The van der Waals surface area contributed by atoms with Crippen LogP contribution in [0.25, 0.3) is 0 Å². The number of hydrogen-bond donors (Lipinski definition) is 1. The standard InChI is InChI=1S/C10H21NO2S2/c1-2-3-4-5-8-15(12,13)10-9-11-6-7-14-10/h10-11H,2-9H2,1H3. The van der Waals surface area contributed by atoms with E-state index in [2.05, 4.69) is 12.2 Å². The van der Waals surface area contributed by atoms with Gasteiger partial charge in [-0.1, -0.05) is 26.2 Å². The summed E-state index contributed by atoms with van der Waals surface area (Å²) in [5.41, 5.74) is 0.